The van der Waals surface area contributed by atoms with Crippen molar-refractivity contribution in [3.8, 4) is 0 Å². The Kier molecular flexibility index (Phi) is 14.7. The molecular formula is C25H46N2O4S. The van der Waals surface area contributed by atoms with Crippen molar-refractivity contribution < 1.29 is 19.1 Å². The summed E-state index contributed by atoms with van der Waals surface area (Å²) in [6.45, 7) is 10.3. The lowest BCUT2D eigenvalue weighted by atomic mass is 10.1. The van der Waals surface area contributed by atoms with Crippen LogP contribution < -0.4 is 0 Å². The van der Waals surface area contributed by atoms with Gasteiger partial charge in [-0.1, -0.05) is 76.5 Å². The van der Waals surface area contributed by atoms with Gasteiger partial charge in [-0.3, -0.25) is 0 Å². The van der Waals surface area contributed by atoms with E-state index in [1.165, 1.54) is 68.1 Å². The van der Waals surface area contributed by atoms with Crippen LogP contribution >= 0.6 is 11.8 Å². The van der Waals surface area contributed by atoms with Gasteiger partial charge < -0.3 is 9.47 Å². The number of thioether (sulfide) groups is 1. The molecule has 32 heavy (non-hydrogen) atoms. The van der Waals surface area contributed by atoms with Crippen LogP contribution in [0.4, 0.5) is 4.79 Å². The van der Waals surface area contributed by atoms with Crippen molar-refractivity contribution in [3.05, 3.63) is 0 Å². The van der Waals surface area contributed by atoms with Crippen LogP contribution in [0.25, 0.3) is 0 Å². The van der Waals surface area contributed by atoms with Crippen molar-refractivity contribution in [2.24, 2.45) is 11.0 Å². The average Bonchev–Trinajstić information content (AvgIpc) is 3.53. The molecule has 1 saturated carbocycles. The highest BCUT2D eigenvalue weighted by molar-refractivity contribution is 8.15. The van der Waals surface area contributed by atoms with Crippen LogP contribution in [0.3, 0.4) is 0 Å². The first-order chi connectivity index (χ1) is 15.3. The minimum atomic E-state index is -0.609. The van der Waals surface area contributed by atoms with Crippen molar-refractivity contribution in [1.82, 2.24) is 5.01 Å². The third-order valence-electron chi connectivity index (χ3n) is 5.13. The van der Waals surface area contributed by atoms with E-state index < -0.39 is 17.7 Å². The topological polar surface area (TPSA) is 68.2 Å². The van der Waals surface area contributed by atoms with Gasteiger partial charge in [0.1, 0.15) is 5.60 Å². The molecule has 0 saturated heterocycles. The lowest BCUT2D eigenvalue weighted by Crippen LogP contribution is -2.36. The van der Waals surface area contributed by atoms with Crippen LogP contribution in [0.15, 0.2) is 5.10 Å². The maximum Gasteiger partial charge on any atom is 0.430 e. The molecule has 0 N–H and O–H groups in total. The van der Waals surface area contributed by atoms with Crippen molar-refractivity contribution >= 4 is 28.9 Å². The minimum absolute atomic E-state index is 0.245. The van der Waals surface area contributed by atoms with E-state index in [-0.39, 0.29) is 11.7 Å². The summed E-state index contributed by atoms with van der Waals surface area (Å²) in [5.74, 6) is 0.760. The number of nitrogens with zero attached hydrogens (tertiary/aromatic N) is 2. The summed E-state index contributed by atoms with van der Waals surface area (Å²) >= 11 is 1.38. The summed E-state index contributed by atoms with van der Waals surface area (Å²) in [6.07, 6.45) is 14.4. The monoisotopic (exact) mass is 470 g/mol. The molecule has 0 heterocycles. The van der Waals surface area contributed by atoms with Gasteiger partial charge in [0, 0.05) is 0 Å². The number of unbranched alkanes of at least 4 members (excludes halogenated alkanes) is 9. The largest absolute Gasteiger partial charge is 0.461 e. The molecule has 6 nitrogen and oxygen atoms in total. The molecular weight excluding hydrogens is 424 g/mol. The molecule has 0 aromatic rings. The number of hydrazone groups is 1. The molecule has 1 aliphatic rings. The molecule has 0 spiro atoms. The van der Waals surface area contributed by atoms with Gasteiger partial charge >= 0.3 is 12.1 Å². The summed E-state index contributed by atoms with van der Waals surface area (Å²) in [7, 11) is 0. The summed E-state index contributed by atoms with van der Waals surface area (Å²) < 4.78 is 10.7. The minimum Gasteiger partial charge on any atom is -0.461 e. The number of carbonyl (C=O) groups excluding carboxylic acids is 2. The summed E-state index contributed by atoms with van der Waals surface area (Å²) in [5.41, 5.74) is -0.609. The zero-order chi connectivity index (χ0) is 23.8. The van der Waals surface area contributed by atoms with E-state index in [9.17, 15) is 9.59 Å². The first kappa shape index (κ1) is 28.8. The van der Waals surface area contributed by atoms with E-state index in [1.54, 1.807) is 6.92 Å². The Morgan fingerprint density at radius 1 is 0.938 bits per heavy atom. The Morgan fingerprint density at radius 2 is 1.50 bits per heavy atom. The van der Waals surface area contributed by atoms with E-state index >= 15 is 0 Å². The number of carbonyl (C=O) groups is 2. The van der Waals surface area contributed by atoms with Crippen molar-refractivity contribution in [3.63, 3.8) is 0 Å². The number of rotatable bonds is 15. The van der Waals surface area contributed by atoms with Gasteiger partial charge in [-0.15, -0.1) is 0 Å². The predicted octanol–water partition coefficient (Wildman–Crippen LogP) is 7.16. The Bertz CT molecular complexity index is 571. The highest BCUT2D eigenvalue weighted by atomic mass is 32.2. The third-order valence-corrected chi connectivity index (χ3v) is 6.15. The SMILES string of the molecule is CCCCCCCCCCCCSC(=NN(CC1CC1)C(=O)OC(C)(C)C)C(=O)OCC. The molecule has 1 rings (SSSR count). The van der Waals surface area contributed by atoms with Crippen molar-refractivity contribution in [2.45, 2.75) is 117 Å². The zero-order valence-corrected chi connectivity index (χ0v) is 21.9. The fourth-order valence-corrected chi connectivity index (χ4v) is 4.08. The number of esters is 1. The normalized spacial score (nSPS) is 14.3. The molecule has 1 aliphatic carbocycles. The molecule has 7 heteroatoms. The maximum atomic E-state index is 12.6. The Balaban J connectivity index is 2.50. The Morgan fingerprint density at radius 3 is 2.00 bits per heavy atom. The number of hydrogen-bond donors (Lipinski definition) is 0. The molecule has 1 fully saturated rings. The van der Waals surface area contributed by atoms with E-state index in [1.807, 2.05) is 20.8 Å². The molecule has 186 valence electrons. The van der Waals surface area contributed by atoms with Crippen LogP contribution in [0.5, 0.6) is 0 Å². The van der Waals surface area contributed by atoms with Crippen molar-refractivity contribution in [1.29, 1.82) is 0 Å². The van der Waals surface area contributed by atoms with Crippen LogP contribution in [-0.4, -0.2) is 46.6 Å². The number of amides is 1. The predicted molar refractivity (Wildman–Crippen MR) is 134 cm³/mol. The second kappa shape index (κ2) is 16.4. The van der Waals surface area contributed by atoms with Gasteiger partial charge in [-0.2, -0.15) is 10.1 Å². The second-order valence-corrected chi connectivity index (χ2v) is 10.7. The lowest BCUT2D eigenvalue weighted by molar-refractivity contribution is -0.134. The summed E-state index contributed by atoms with van der Waals surface area (Å²) in [4.78, 5) is 25.1. The number of hydrogen-bond acceptors (Lipinski definition) is 6. The average molecular weight is 471 g/mol. The highest BCUT2D eigenvalue weighted by Gasteiger charge is 2.31. The molecule has 0 aromatic carbocycles. The van der Waals surface area contributed by atoms with Gasteiger partial charge in [0.2, 0.25) is 5.04 Å². The first-order valence-corrected chi connectivity index (χ1v) is 13.6. The summed E-state index contributed by atoms with van der Waals surface area (Å²) in [6, 6.07) is 0. The molecule has 0 radical (unpaired) electrons. The highest BCUT2D eigenvalue weighted by Crippen LogP contribution is 2.30. The van der Waals surface area contributed by atoms with Crippen LogP contribution in [0.1, 0.15) is 112 Å². The van der Waals surface area contributed by atoms with Gasteiger partial charge in [-0.05, 0) is 58.6 Å². The second-order valence-electron chi connectivity index (χ2n) is 9.66. The standard InChI is InChI=1S/C25H46N2O4S/c1-6-8-9-10-11-12-13-14-15-16-19-32-22(23(28)30-7-2)26-27(20-21-17-18-21)24(29)31-25(3,4)5/h21H,6-20H2,1-5H3. The van der Waals surface area contributed by atoms with Gasteiger partial charge in [0.25, 0.3) is 0 Å². The Hall–Kier alpha value is -1.24. The lowest BCUT2D eigenvalue weighted by Gasteiger charge is -2.24. The van der Waals surface area contributed by atoms with Crippen LogP contribution in [0, 0.1) is 5.92 Å². The van der Waals surface area contributed by atoms with E-state index in [4.69, 9.17) is 9.47 Å². The quantitative estimate of drug-likeness (QED) is 0.0834. The molecule has 0 aromatic heterocycles. The fraction of sp³-hybridized carbons (Fsp3) is 0.880. The molecule has 0 bridgehead atoms. The fourth-order valence-electron chi connectivity index (χ4n) is 3.21. The smallest absolute Gasteiger partial charge is 0.430 e. The first-order valence-electron chi connectivity index (χ1n) is 12.7. The molecule has 1 amide bonds. The van der Waals surface area contributed by atoms with Crippen molar-refractivity contribution in [2.75, 3.05) is 18.9 Å². The van der Waals surface area contributed by atoms with Crippen LogP contribution in [0.2, 0.25) is 0 Å². The molecule has 0 unspecified atom stereocenters. The van der Waals surface area contributed by atoms with Crippen LogP contribution in [-0.2, 0) is 14.3 Å². The Labute approximate surface area is 200 Å². The van der Waals surface area contributed by atoms with E-state index in [2.05, 4.69) is 12.0 Å². The van der Waals surface area contributed by atoms with E-state index in [0.29, 0.717) is 12.5 Å². The number of ether oxygens (including phenoxy) is 2. The molecule has 0 atom stereocenters. The van der Waals surface area contributed by atoms with Gasteiger partial charge in [0.05, 0.1) is 13.2 Å². The summed E-state index contributed by atoms with van der Waals surface area (Å²) in [5, 5.41) is 5.97. The zero-order valence-electron chi connectivity index (χ0n) is 21.1. The van der Waals surface area contributed by atoms with E-state index in [0.717, 1.165) is 31.4 Å². The maximum absolute atomic E-state index is 12.6. The third kappa shape index (κ3) is 14.8. The van der Waals surface area contributed by atoms with Gasteiger partial charge in [0.15, 0.2) is 0 Å². The molecule has 0 aliphatic heterocycles. The van der Waals surface area contributed by atoms with Gasteiger partial charge in [-0.25, -0.2) is 9.59 Å².